The van der Waals surface area contributed by atoms with E-state index in [0.29, 0.717) is 17.3 Å². The van der Waals surface area contributed by atoms with E-state index in [1.54, 1.807) is 18.4 Å². The molecule has 3 aromatic rings. The number of carbonyl (C=O) groups excluding carboxylic acids is 1. The number of anilines is 1. The Hall–Kier alpha value is -2.54. The molecule has 1 N–H and O–H groups in total. The maximum absolute atomic E-state index is 12.6. The number of fused-ring (bicyclic) bond motifs is 1. The summed E-state index contributed by atoms with van der Waals surface area (Å²) in [7, 11) is 1.65. The standard InChI is InChI=1S/C22H23N3O2S/c1-27-15-17-8-5-9-18(12-17)21(26)24-22-23-19-10-11-25(14-20(19)28-22)13-16-6-3-2-4-7-16/h2-9,12H,10-11,13-15H2,1H3,(H,23,24,26). The van der Waals surface area contributed by atoms with E-state index in [9.17, 15) is 4.79 Å². The monoisotopic (exact) mass is 393 g/mol. The van der Waals surface area contributed by atoms with Crippen LogP contribution in [-0.4, -0.2) is 29.4 Å². The molecule has 1 aliphatic rings. The van der Waals surface area contributed by atoms with Crippen molar-refractivity contribution in [2.45, 2.75) is 26.1 Å². The number of amides is 1. The lowest BCUT2D eigenvalue weighted by Gasteiger charge is -2.25. The van der Waals surface area contributed by atoms with Gasteiger partial charge in [0.25, 0.3) is 5.91 Å². The van der Waals surface area contributed by atoms with Crippen LogP contribution < -0.4 is 5.32 Å². The summed E-state index contributed by atoms with van der Waals surface area (Å²) in [5.41, 5.74) is 4.02. The average Bonchev–Trinajstić information content (AvgIpc) is 3.11. The van der Waals surface area contributed by atoms with E-state index in [1.165, 1.54) is 10.4 Å². The minimum absolute atomic E-state index is 0.134. The quantitative estimate of drug-likeness (QED) is 0.685. The van der Waals surface area contributed by atoms with Crippen molar-refractivity contribution in [1.82, 2.24) is 9.88 Å². The van der Waals surface area contributed by atoms with Gasteiger partial charge in [0.2, 0.25) is 0 Å². The van der Waals surface area contributed by atoms with Crippen LogP contribution >= 0.6 is 11.3 Å². The second kappa shape index (κ2) is 8.65. The van der Waals surface area contributed by atoms with Gasteiger partial charge in [-0.1, -0.05) is 42.5 Å². The van der Waals surface area contributed by atoms with Gasteiger partial charge in [0.15, 0.2) is 5.13 Å². The Morgan fingerprint density at radius 1 is 1.18 bits per heavy atom. The fourth-order valence-electron chi connectivity index (χ4n) is 3.42. The predicted octanol–water partition coefficient (Wildman–Crippen LogP) is 4.10. The molecule has 28 heavy (non-hydrogen) atoms. The molecule has 2 aromatic carbocycles. The summed E-state index contributed by atoms with van der Waals surface area (Å²) < 4.78 is 5.14. The fraction of sp³-hybridized carbons (Fsp3) is 0.273. The first kappa shape index (κ1) is 18.8. The predicted molar refractivity (Wildman–Crippen MR) is 111 cm³/mol. The Labute approximate surface area is 169 Å². The van der Waals surface area contributed by atoms with Crippen molar-refractivity contribution in [3.05, 3.63) is 81.9 Å². The Morgan fingerprint density at radius 2 is 2.00 bits per heavy atom. The van der Waals surface area contributed by atoms with E-state index in [4.69, 9.17) is 4.74 Å². The highest BCUT2D eigenvalue weighted by molar-refractivity contribution is 7.15. The lowest BCUT2D eigenvalue weighted by molar-refractivity contribution is 0.102. The second-order valence-corrected chi connectivity index (χ2v) is 8.01. The van der Waals surface area contributed by atoms with Crippen LogP contribution in [0, 0.1) is 0 Å². The molecule has 0 aliphatic carbocycles. The minimum atomic E-state index is -0.134. The Morgan fingerprint density at radius 3 is 2.82 bits per heavy atom. The normalized spacial score (nSPS) is 13.9. The molecule has 1 aliphatic heterocycles. The first-order valence-corrected chi connectivity index (χ1v) is 10.2. The largest absolute Gasteiger partial charge is 0.380 e. The molecule has 144 valence electrons. The molecule has 0 atom stereocenters. The number of thiazole rings is 1. The smallest absolute Gasteiger partial charge is 0.257 e. The summed E-state index contributed by atoms with van der Waals surface area (Å²) in [5.74, 6) is -0.134. The van der Waals surface area contributed by atoms with Crippen molar-refractivity contribution in [1.29, 1.82) is 0 Å². The number of ether oxygens (including phenoxy) is 1. The molecule has 6 heteroatoms. The third-order valence-corrected chi connectivity index (χ3v) is 5.78. The van der Waals surface area contributed by atoms with Gasteiger partial charge in [0.05, 0.1) is 12.3 Å². The highest BCUT2D eigenvalue weighted by atomic mass is 32.1. The first-order valence-electron chi connectivity index (χ1n) is 9.35. The molecule has 0 radical (unpaired) electrons. The summed E-state index contributed by atoms with van der Waals surface area (Å²) >= 11 is 1.58. The van der Waals surface area contributed by atoms with E-state index >= 15 is 0 Å². The lowest BCUT2D eigenvalue weighted by Crippen LogP contribution is -2.29. The number of carbonyl (C=O) groups is 1. The van der Waals surface area contributed by atoms with Gasteiger partial charge in [-0.15, -0.1) is 11.3 Å². The van der Waals surface area contributed by atoms with Gasteiger partial charge in [-0.25, -0.2) is 4.98 Å². The Balaban J connectivity index is 1.41. The van der Waals surface area contributed by atoms with Crippen molar-refractivity contribution in [3.8, 4) is 0 Å². The minimum Gasteiger partial charge on any atom is -0.380 e. The summed E-state index contributed by atoms with van der Waals surface area (Å²) in [6, 6.07) is 18.0. The number of hydrogen-bond acceptors (Lipinski definition) is 5. The second-order valence-electron chi connectivity index (χ2n) is 6.92. The molecule has 0 bridgehead atoms. The fourth-order valence-corrected chi connectivity index (χ4v) is 4.46. The van der Waals surface area contributed by atoms with Crippen molar-refractivity contribution >= 4 is 22.4 Å². The molecule has 0 saturated heterocycles. The number of aromatic nitrogens is 1. The highest BCUT2D eigenvalue weighted by Gasteiger charge is 2.21. The molecule has 2 heterocycles. The van der Waals surface area contributed by atoms with Crippen LogP contribution in [0.15, 0.2) is 54.6 Å². The molecule has 0 saturated carbocycles. The van der Waals surface area contributed by atoms with E-state index in [1.807, 2.05) is 30.3 Å². The van der Waals surface area contributed by atoms with Crippen LogP contribution in [0.3, 0.4) is 0 Å². The molecule has 5 nitrogen and oxygen atoms in total. The topological polar surface area (TPSA) is 54.5 Å². The van der Waals surface area contributed by atoms with Crippen LogP contribution in [-0.2, 0) is 30.9 Å². The molecular weight excluding hydrogens is 370 g/mol. The van der Waals surface area contributed by atoms with E-state index in [0.717, 1.165) is 37.3 Å². The van der Waals surface area contributed by atoms with Gasteiger partial charge >= 0.3 is 0 Å². The van der Waals surface area contributed by atoms with Crippen LogP contribution in [0.25, 0.3) is 0 Å². The van der Waals surface area contributed by atoms with Gasteiger partial charge in [-0.05, 0) is 23.3 Å². The van der Waals surface area contributed by atoms with Gasteiger partial charge < -0.3 is 4.74 Å². The zero-order valence-corrected chi connectivity index (χ0v) is 16.7. The Bertz CT molecular complexity index is 955. The lowest BCUT2D eigenvalue weighted by atomic mass is 10.1. The van der Waals surface area contributed by atoms with Crippen molar-refractivity contribution in [3.63, 3.8) is 0 Å². The summed E-state index contributed by atoms with van der Waals surface area (Å²) in [5, 5.41) is 3.63. The average molecular weight is 394 g/mol. The zero-order chi connectivity index (χ0) is 19.3. The molecule has 4 rings (SSSR count). The maximum atomic E-state index is 12.6. The van der Waals surface area contributed by atoms with Crippen LogP contribution in [0.4, 0.5) is 5.13 Å². The van der Waals surface area contributed by atoms with E-state index in [2.05, 4.69) is 39.5 Å². The van der Waals surface area contributed by atoms with Gasteiger partial charge in [0.1, 0.15) is 0 Å². The van der Waals surface area contributed by atoms with E-state index < -0.39 is 0 Å². The third-order valence-electron chi connectivity index (χ3n) is 4.78. The number of rotatable bonds is 6. The molecule has 1 aromatic heterocycles. The molecule has 0 spiro atoms. The van der Waals surface area contributed by atoms with Gasteiger partial charge in [0, 0.05) is 43.6 Å². The van der Waals surface area contributed by atoms with Crippen molar-refractivity contribution in [2.24, 2.45) is 0 Å². The molecule has 1 amide bonds. The van der Waals surface area contributed by atoms with Crippen molar-refractivity contribution in [2.75, 3.05) is 19.0 Å². The molecule has 0 unspecified atom stereocenters. The van der Waals surface area contributed by atoms with Crippen molar-refractivity contribution < 1.29 is 9.53 Å². The molecular formula is C22H23N3O2S. The SMILES string of the molecule is COCc1cccc(C(=O)Nc2nc3c(s2)CN(Cc2ccccc2)CC3)c1. The maximum Gasteiger partial charge on any atom is 0.257 e. The number of hydrogen-bond donors (Lipinski definition) is 1. The number of nitrogens with zero attached hydrogens (tertiary/aromatic N) is 2. The summed E-state index contributed by atoms with van der Waals surface area (Å²) in [6.45, 7) is 3.29. The van der Waals surface area contributed by atoms with E-state index in [-0.39, 0.29) is 5.91 Å². The van der Waals surface area contributed by atoms with Crippen LogP contribution in [0.5, 0.6) is 0 Å². The molecule has 0 fully saturated rings. The van der Waals surface area contributed by atoms with Crippen LogP contribution in [0.1, 0.15) is 32.1 Å². The summed E-state index contributed by atoms with van der Waals surface area (Å²) in [4.78, 5) is 20.9. The third kappa shape index (κ3) is 4.47. The summed E-state index contributed by atoms with van der Waals surface area (Å²) in [6.07, 6.45) is 0.915. The van der Waals surface area contributed by atoms with Gasteiger partial charge in [-0.2, -0.15) is 0 Å². The highest BCUT2D eigenvalue weighted by Crippen LogP contribution is 2.29. The van der Waals surface area contributed by atoms with Gasteiger partial charge in [-0.3, -0.25) is 15.0 Å². The first-order chi connectivity index (χ1) is 13.7. The Kier molecular flexibility index (Phi) is 5.81. The zero-order valence-electron chi connectivity index (χ0n) is 15.9. The van der Waals surface area contributed by atoms with Crippen LogP contribution in [0.2, 0.25) is 0 Å². The number of benzene rings is 2. The number of nitrogens with one attached hydrogen (secondary N) is 1. The number of methoxy groups -OCH3 is 1.